The Morgan fingerprint density at radius 2 is 0.957 bits per heavy atom. The molecule has 10 heteroatoms. The van der Waals surface area contributed by atoms with E-state index in [9.17, 15) is 16.8 Å². The van der Waals surface area contributed by atoms with E-state index in [-0.39, 0.29) is 35.0 Å². The van der Waals surface area contributed by atoms with Crippen LogP contribution in [0.4, 0.5) is 0 Å². The maximum absolute atomic E-state index is 12.2. The number of hydrogen-bond acceptors (Lipinski definition) is 4. The van der Waals surface area contributed by atoms with Gasteiger partial charge in [0.15, 0.2) is 0 Å². The topological polar surface area (TPSA) is 68.3 Å². The molecule has 23 heavy (non-hydrogen) atoms. The molecular formula is C13H7Cl4O4S2-. The maximum atomic E-state index is 12.2. The maximum Gasteiger partial charge on any atom is 0.0659 e. The van der Waals surface area contributed by atoms with Gasteiger partial charge < -0.3 is 0 Å². The van der Waals surface area contributed by atoms with Crippen molar-refractivity contribution in [3.63, 3.8) is 0 Å². The summed E-state index contributed by atoms with van der Waals surface area (Å²) in [5.41, 5.74) is 0. The van der Waals surface area contributed by atoms with Gasteiger partial charge in [0.05, 0.1) is 39.8 Å². The van der Waals surface area contributed by atoms with Crippen molar-refractivity contribution in [2.45, 2.75) is 9.79 Å². The smallest absolute Gasteiger partial charge is 0.0659 e. The molecule has 0 atom stereocenters. The monoisotopic (exact) mass is 431 g/mol. The summed E-state index contributed by atoms with van der Waals surface area (Å²) in [7, 11) is -8.52. The molecule has 0 saturated carbocycles. The van der Waals surface area contributed by atoms with Gasteiger partial charge in [-0.15, -0.1) is 0 Å². The van der Waals surface area contributed by atoms with Gasteiger partial charge in [0.1, 0.15) is 0 Å². The van der Waals surface area contributed by atoms with Gasteiger partial charge in [0.2, 0.25) is 0 Å². The zero-order valence-corrected chi connectivity index (χ0v) is 15.7. The first-order valence-electron chi connectivity index (χ1n) is 5.78. The normalized spacial score (nSPS) is 12.3. The van der Waals surface area contributed by atoms with Crippen LogP contribution in [0.15, 0.2) is 46.2 Å². The van der Waals surface area contributed by atoms with Gasteiger partial charge in [0.25, 0.3) is 0 Å². The molecule has 2 aromatic rings. The van der Waals surface area contributed by atoms with Gasteiger partial charge in [-0.25, -0.2) is 0 Å². The Morgan fingerprint density at radius 1 is 0.609 bits per heavy atom. The standard InChI is InChI=1S/C13H7Cl4O4S2/c14-10-3-1-8(5-12(10)16)22(18,19)7-23(20,21)9-2-4-11(15)13(17)6-9/h1-7H/q-1. The summed E-state index contributed by atoms with van der Waals surface area (Å²) in [5, 5.41) is 0.524. The second-order valence-electron chi connectivity index (χ2n) is 4.34. The van der Waals surface area contributed by atoms with E-state index >= 15 is 0 Å². The third-order valence-corrected chi connectivity index (χ3v) is 8.02. The van der Waals surface area contributed by atoms with Crippen LogP contribution in [0, 0.1) is 5.08 Å². The number of hydrogen-bond donors (Lipinski definition) is 0. The van der Waals surface area contributed by atoms with Crippen molar-refractivity contribution in [2.75, 3.05) is 0 Å². The van der Waals surface area contributed by atoms with Gasteiger partial charge in [-0.2, -0.15) is 0 Å². The number of halogens is 4. The number of sulfone groups is 2. The quantitative estimate of drug-likeness (QED) is 0.658. The summed E-state index contributed by atoms with van der Waals surface area (Å²) in [5.74, 6) is 0. The van der Waals surface area contributed by atoms with Crippen LogP contribution in [0.5, 0.6) is 0 Å². The highest BCUT2D eigenvalue weighted by molar-refractivity contribution is 8.11. The average molecular weight is 433 g/mol. The molecule has 0 aliphatic rings. The summed E-state index contributed by atoms with van der Waals surface area (Å²) < 4.78 is 49.0. The molecule has 124 valence electrons. The predicted molar refractivity (Wildman–Crippen MR) is 91.6 cm³/mol. The van der Waals surface area contributed by atoms with Crippen molar-refractivity contribution in [2.24, 2.45) is 0 Å². The molecule has 0 aromatic heterocycles. The summed E-state index contributed by atoms with van der Waals surface area (Å²) >= 11 is 22.9. The van der Waals surface area contributed by atoms with E-state index < -0.39 is 19.7 Å². The number of benzene rings is 2. The zero-order chi connectivity index (χ0) is 17.4. The highest BCUT2D eigenvalue weighted by Gasteiger charge is 2.17. The van der Waals surface area contributed by atoms with Gasteiger partial charge in [-0.05, 0) is 36.4 Å². The fourth-order valence-electron chi connectivity index (χ4n) is 1.59. The largest absolute Gasteiger partial charge is 0.256 e. The molecular weight excluding hydrogens is 426 g/mol. The van der Waals surface area contributed by atoms with Crippen molar-refractivity contribution in [3.05, 3.63) is 61.6 Å². The van der Waals surface area contributed by atoms with E-state index in [1.165, 1.54) is 12.1 Å². The van der Waals surface area contributed by atoms with Crippen LogP contribution >= 0.6 is 46.4 Å². The molecule has 2 rings (SSSR count). The molecule has 0 fully saturated rings. The van der Waals surface area contributed by atoms with Crippen molar-refractivity contribution in [1.29, 1.82) is 0 Å². The van der Waals surface area contributed by atoms with Gasteiger partial charge in [-0.3, -0.25) is 16.8 Å². The van der Waals surface area contributed by atoms with Crippen molar-refractivity contribution < 1.29 is 16.8 Å². The molecule has 0 spiro atoms. The van der Waals surface area contributed by atoms with Crippen LogP contribution in [-0.2, 0) is 19.7 Å². The molecule has 4 nitrogen and oxygen atoms in total. The number of rotatable bonds is 4. The van der Waals surface area contributed by atoms with Crippen LogP contribution in [0.3, 0.4) is 0 Å². The van der Waals surface area contributed by atoms with Gasteiger partial charge in [0, 0.05) is 9.79 Å². The highest BCUT2D eigenvalue weighted by atomic mass is 35.5. The molecule has 0 bridgehead atoms. The minimum Gasteiger partial charge on any atom is -0.256 e. The first kappa shape index (κ1) is 18.8. The van der Waals surface area contributed by atoms with E-state index in [0.717, 1.165) is 24.3 Å². The van der Waals surface area contributed by atoms with Crippen molar-refractivity contribution in [3.8, 4) is 0 Å². The van der Waals surface area contributed by atoms with Crippen LogP contribution in [0.25, 0.3) is 0 Å². The van der Waals surface area contributed by atoms with Gasteiger partial charge in [-0.1, -0.05) is 51.5 Å². The van der Waals surface area contributed by atoms with Crippen LogP contribution in [0.2, 0.25) is 20.1 Å². The van der Waals surface area contributed by atoms with Crippen molar-refractivity contribution >= 4 is 66.1 Å². The SMILES string of the molecule is O=S(=O)([CH-]S(=O)(=O)c1ccc(Cl)c(Cl)c1)c1ccc(Cl)c(Cl)c1. The summed E-state index contributed by atoms with van der Waals surface area (Å²) in [4.78, 5) is -0.592. The Morgan fingerprint density at radius 3 is 1.26 bits per heavy atom. The molecule has 0 heterocycles. The van der Waals surface area contributed by atoms with E-state index in [4.69, 9.17) is 46.4 Å². The van der Waals surface area contributed by atoms with Crippen LogP contribution in [-0.4, -0.2) is 16.8 Å². The lowest BCUT2D eigenvalue weighted by molar-refractivity contribution is 0.594. The highest BCUT2D eigenvalue weighted by Crippen LogP contribution is 2.30. The fourth-order valence-corrected chi connectivity index (χ4v) is 5.61. The molecule has 0 unspecified atom stereocenters. The molecule has 0 N–H and O–H groups in total. The summed E-state index contributed by atoms with van der Waals surface area (Å²) in [6, 6.07) is 6.97. The summed E-state index contributed by atoms with van der Waals surface area (Å²) in [6.45, 7) is 0. The lowest BCUT2D eigenvalue weighted by Crippen LogP contribution is -2.11. The van der Waals surface area contributed by atoms with E-state index in [1.54, 1.807) is 0 Å². The predicted octanol–water partition coefficient (Wildman–Crippen LogP) is 4.67. The fraction of sp³-hybridized carbons (Fsp3) is 0. The lowest BCUT2D eigenvalue weighted by Gasteiger charge is -2.16. The lowest BCUT2D eigenvalue weighted by atomic mass is 10.4. The summed E-state index contributed by atoms with van der Waals surface area (Å²) in [6.07, 6.45) is 0. The third-order valence-electron chi connectivity index (χ3n) is 2.69. The Hall–Kier alpha value is -0.500. The first-order valence-corrected chi connectivity index (χ1v) is 10.4. The van der Waals surface area contributed by atoms with E-state index in [1.807, 2.05) is 0 Å². The average Bonchev–Trinajstić information content (AvgIpc) is 2.43. The molecule has 0 aliphatic heterocycles. The van der Waals surface area contributed by atoms with E-state index in [0.29, 0.717) is 0 Å². The Balaban J connectivity index is 2.42. The Kier molecular flexibility index (Phi) is 5.55. The minimum absolute atomic E-state index is 0.00641. The van der Waals surface area contributed by atoms with E-state index in [2.05, 4.69) is 0 Å². The van der Waals surface area contributed by atoms with Crippen LogP contribution in [0.1, 0.15) is 0 Å². The first-order chi connectivity index (χ1) is 10.5. The second-order valence-corrected chi connectivity index (χ2v) is 9.86. The minimum atomic E-state index is -4.26. The second kappa shape index (κ2) is 6.78. The molecule has 0 aliphatic carbocycles. The molecule has 0 radical (unpaired) electrons. The Bertz CT molecular complexity index is 890. The Labute approximate surface area is 153 Å². The van der Waals surface area contributed by atoms with Gasteiger partial charge >= 0.3 is 0 Å². The molecule has 2 aromatic carbocycles. The van der Waals surface area contributed by atoms with Crippen LogP contribution < -0.4 is 0 Å². The molecule has 0 amide bonds. The third kappa shape index (κ3) is 4.32. The molecule has 0 saturated heterocycles. The van der Waals surface area contributed by atoms with Crippen molar-refractivity contribution in [1.82, 2.24) is 0 Å². The zero-order valence-electron chi connectivity index (χ0n) is 11.0.